The molecule has 0 aliphatic heterocycles. The number of sulfonamides is 1. The Morgan fingerprint density at radius 2 is 1.55 bits per heavy atom. The predicted molar refractivity (Wildman–Crippen MR) is 129 cm³/mol. The molecule has 0 atom stereocenters. The van der Waals surface area contributed by atoms with Crippen LogP contribution in [0.25, 0.3) is 0 Å². The Labute approximate surface area is 195 Å². The zero-order valence-corrected chi connectivity index (χ0v) is 20.0. The summed E-state index contributed by atoms with van der Waals surface area (Å²) in [5, 5.41) is 0. The van der Waals surface area contributed by atoms with Crippen LogP contribution in [0.15, 0.2) is 77.7 Å². The summed E-state index contributed by atoms with van der Waals surface area (Å²) in [7, 11) is -4.09. The molecular weight excluding hydrogens is 438 g/mol. The number of rotatable bonds is 10. The van der Waals surface area contributed by atoms with E-state index in [1.54, 1.807) is 36.4 Å². The molecule has 0 unspecified atom stereocenters. The molecule has 0 N–H and O–H groups in total. The fourth-order valence-corrected chi connectivity index (χ4v) is 4.75. The fourth-order valence-electron chi connectivity index (χ4n) is 3.30. The molecule has 0 aliphatic rings. The average Bonchev–Trinajstić information content (AvgIpc) is 2.79. The van der Waals surface area contributed by atoms with E-state index in [1.165, 1.54) is 12.1 Å². The Kier molecular flexibility index (Phi) is 8.11. The van der Waals surface area contributed by atoms with Gasteiger partial charge in [-0.05, 0) is 75.2 Å². The molecule has 0 radical (unpaired) electrons. The van der Waals surface area contributed by atoms with E-state index in [1.807, 2.05) is 45.0 Å². The van der Waals surface area contributed by atoms with Gasteiger partial charge in [0.05, 0.1) is 23.8 Å². The van der Waals surface area contributed by atoms with Crippen LogP contribution in [0.4, 0.5) is 5.69 Å². The number of hydrogen-bond donors (Lipinski definition) is 0. The Hall–Kier alpha value is -3.32. The Bertz CT molecular complexity index is 1170. The first-order valence-electron chi connectivity index (χ1n) is 10.9. The van der Waals surface area contributed by atoms with Crippen molar-refractivity contribution in [3.05, 3.63) is 83.9 Å². The van der Waals surface area contributed by atoms with Crippen LogP contribution in [-0.4, -0.2) is 27.5 Å². The number of carbonyl (C=O) groups is 1. The highest BCUT2D eigenvalue weighted by Gasteiger charge is 2.30. The summed E-state index contributed by atoms with van der Waals surface area (Å²) in [6, 6.07) is 20.6. The zero-order valence-electron chi connectivity index (χ0n) is 19.2. The van der Waals surface area contributed by atoms with E-state index in [2.05, 4.69) is 0 Å². The van der Waals surface area contributed by atoms with E-state index in [0.29, 0.717) is 25.4 Å². The van der Waals surface area contributed by atoms with Crippen LogP contribution in [0.2, 0.25) is 0 Å². The molecule has 3 aromatic carbocycles. The van der Waals surface area contributed by atoms with Gasteiger partial charge in [0.1, 0.15) is 11.5 Å². The van der Waals surface area contributed by atoms with E-state index < -0.39 is 15.9 Å². The van der Waals surface area contributed by atoms with Crippen LogP contribution in [0.1, 0.15) is 30.9 Å². The molecule has 0 saturated heterocycles. The fraction of sp³-hybridized carbons (Fsp3) is 0.269. The number of benzene rings is 3. The van der Waals surface area contributed by atoms with Crippen molar-refractivity contribution in [1.29, 1.82) is 0 Å². The Balaban J connectivity index is 1.80. The second-order valence-electron chi connectivity index (χ2n) is 7.62. The number of aryl methyl sites for hydroxylation is 2. The van der Waals surface area contributed by atoms with Gasteiger partial charge in [0, 0.05) is 6.42 Å². The third-order valence-corrected chi connectivity index (χ3v) is 6.82. The average molecular weight is 468 g/mol. The summed E-state index contributed by atoms with van der Waals surface area (Å²) >= 11 is 0. The maximum absolute atomic E-state index is 13.4. The normalized spacial score (nSPS) is 11.1. The maximum atomic E-state index is 13.4. The van der Waals surface area contributed by atoms with Crippen molar-refractivity contribution in [2.45, 2.75) is 38.5 Å². The quantitative estimate of drug-likeness (QED) is 0.379. The van der Waals surface area contributed by atoms with Crippen LogP contribution in [0.3, 0.4) is 0 Å². The van der Waals surface area contributed by atoms with Crippen molar-refractivity contribution in [3.8, 4) is 11.5 Å². The van der Waals surface area contributed by atoms with Crippen molar-refractivity contribution >= 4 is 21.6 Å². The summed E-state index contributed by atoms with van der Waals surface area (Å²) in [4.78, 5) is 13.2. The maximum Gasteiger partial charge on any atom is 0.270 e. The summed E-state index contributed by atoms with van der Waals surface area (Å²) < 4.78 is 39.0. The second kappa shape index (κ2) is 11.0. The van der Waals surface area contributed by atoms with E-state index in [4.69, 9.17) is 9.47 Å². The van der Waals surface area contributed by atoms with E-state index in [-0.39, 0.29) is 17.0 Å². The Morgan fingerprint density at radius 1 is 0.879 bits per heavy atom. The number of amides is 1. The minimum atomic E-state index is -4.09. The van der Waals surface area contributed by atoms with Gasteiger partial charge in [0.25, 0.3) is 10.0 Å². The van der Waals surface area contributed by atoms with Gasteiger partial charge in [-0.3, -0.25) is 4.79 Å². The van der Waals surface area contributed by atoms with Gasteiger partial charge < -0.3 is 9.47 Å². The molecule has 0 bridgehead atoms. The highest BCUT2D eigenvalue weighted by atomic mass is 32.2. The van der Waals surface area contributed by atoms with E-state index in [9.17, 15) is 13.2 Å². The van der Waals surface area contributed by atoms with Crippen LogP contribution in [0.5, 0.6) is 11.5 Å². The SMILES string of the molecule is CCOc1ccc(N(C(=O)CCCOc2ccccc2C)S(=O)(=O)c2ccc(C)cc2)cc1. The van der Waals surface area contributed by atoms with Gasteiger partial charge in [0.15, 0.2) is 0 Å². The summed E-state index contributed by atoms with van der Waals surface area (Å²) in [6.07, 6.45) is 0.397. The molecule has 3 rings (SSSR count). The minimum Gasteiger partial charge on any atom is -0.494 e. The lowest BCUT2D eigenvalue weighted by atomic mass is 10.2. The number of ether oxygens (including phenoxy) is 2. The van der Waals surface area contributed by atoms with Crippen molar-refractivity contribution in [2.75, 3.05) is 17.5 Å². The van der Waals surface area contributed by atoms with Crippen molar-refractivity contribution in [2.24, 2.45) is 0 Å². The van der Waals surface area contributed by atoms with Gasteiger partial charge in [0.2, 0.25) is 5.91 Å². The van der Waals surface area contributed by atoms with Crippen LogP contribution in [-0.2, 0) is 14.8 Å². The predicted octanol–water partition coefficient (Wildman–Crippen LogP) is 5.28. The van der Waals surface area contributed by atoms with Crippen LogP contribution in [0, 0.1) is 13.8 Å². The molecule has 0 saturated carbocycles. The molecule has 0 heterocycles. The lowest BCUT2D eigenvalue weighted by molar-refractivity contribution is -0.117. The standard InChI is InChI=1S/C26H29NO5S/c1-4-31-23-15-13-22(14-16-23)27(33(29,30)24-17-11-20(2)12-18-24)26(28)10-7-19-32-25-9-6-5-8-21(25)3/h5-6,8-9,11-18H,4,7,10,19H2,1-3H3. The van der Waals surface area contributed by atoms with Gasteiger partial charge >= 0.3 is 0 Å². The first kappa shape index (κ1) is 24.3. The third kappa shape index (κ3) is 6.14. The molecule has 6 nitrogen and oxygen atoms in total. The molecule has 33 heavy (non-hydrogen) atoms. The monoisotopic (exact) mass is 467 g/mol. The molecule has 0 aromatic heterocycles. The zero-order chi connectivity index (χ0) is 23.8. The lowest BCUT2D eigenvalue weighted by Gasteiger charge is -2.23. The second-order valence-corrected chi connectivity index (χ2v) is 9.41. The molecular formula is C26H29NO5S. The third-order valence-electron chi connectivity index (χ3n) is 5.05. The topological polar surface area (TPSA) is 72.9 Å². The molecule has 0 spiro atoms. The molecule has 174 valence electrons. The van der Waals surface area contributed by atoms with Gasteiger partial charge in [-0.15, -0.1) is 0 Å². The number of carbonyl (C=O) groups excluding carboxylic acids is 1. The van der Waals surface area contributed by atoms with Crippen LogP contribution >= 0.6 is 0 Å². The molecule has 1 amide bonds. The van der Waals surface area contributed by atoms with Gasteiger partial charge in [-0.1, -0.05) is 35.9 Å². The van der Waals surface area contributed by atoms with Crippen molar-refractivity contribution in [3.63, 3.8) is 0 Å². The number of hydrogen-bond acceptors (Lipinski definition) is 5. The number of anilines is 1. The molecule has 7 heteroatoms. The van der Waals surface area contributed by atoms with Crippen molar-refractivity contribution < 1.29 is 22.7 Å². The highest BCUT2D eigenvalue weighted by molar-refractivity contribution is 7.93. The largest absolute Gasteiger partial charge is 0.494 e. The minimum absolute atomic E-state index is 0.0180. The Morgan fingerprint density at radius 3 is 2.18 bits per heavy atom. The van der Waals surface area contributed by atoms with E-state index in [0.717, 1.165) is 21.2 Å². The smallest absolute Gasteiger partial charge is 0.270 e. The molecule has 0 fully saturated rings. The van der Waals surface area contributed by atoms with E-state index >= 15 is 0 Å². The first-order valence-corrected chi connectivity index (χ1v) is 12.3. The summed E-state index contributed by atoms with van der Waals surface area (Å²) in [6.45, 7) is 6.48. The molecule has 3 aromatic rings. The number of nitrogens with zero attached hydrogens (tertiary/aromatic N) is 1. The lowest BCUT2D eigenvalue weighted by Crippen LogP contribution is -2.37. The number of para-hydroxylation sites is 1. The molecule has 0 aliphatic carbocycles. The van der Waals surface area contributed by atoms with Gasteiger partial charge in [-0.25, -0.2) is 12.7 Å². The summed E-state index contributed by atoms with van der Waals surface area (Å²) in [5.74, 6) is 0.835. The first-order chi connectivity index (χ1) is 15.8. The van der Waals surface area contributed by atoms with Gasteiger partial charge in [-0.2, -0.15) is 0 Å². The summed E-state index contributed by atoms with van der Waals surface area (Å²) in [5.41, 5.74) is 2.20. The van der Waals surface area contributed by atoms with Crippen LogP contribution < -0.4 is 13.8 Å². The highest BCUT2D eigenvalue weighted by Crippen LogP contribution is 2.27. The van der Waals surface area contributed by atoms with Crippen molar-refractivity contribution in [1.82, 2.24) is 0 Å².